The lowest BCUT2D eigenvalue weighted by Gasteiger charge is -2.19. The molecule has 1 aromatic rings. The lowest BCUT2D eigenvalue weighted by molar-refractivity contribution is 0.0938. The summed E-state index contributed by atoms with van der Waals surface area (Å²) in [6.45, 7) is 3.79. The van der Waals surface area contributed by atoms with Gasteiger partial charge in [-0.15, -0.1) is 12.4 Å². The van der Waals surface area contributed by atoms with E-state index in [0.717, 1.165) is 0 Å². The van der Waals surface area contributed by atoms with Crippen LogP contribution >= 0.6 is 12.4 Å². The highest BCUT2D eigenvalue weighted by atomic mass is 35.5. The van der Waals surface area contributed by atoms with Gasteiger partial charge < -0.3 is 15.8 Å². The highest BCUT2D eigenvalue weighted by Crippen LogP contribution is 2.20. The maximum atomic E-state index is 13.5. The summed E-state index contributed by atoms with van der Waals surface area (Å²) < 4.78 is 18.5. The van der Waals surface area contributed by atoms with Gasteiger partial charge in [-0.25, -0.2) is 4.39 Å². The molecule has 3 N–H and O–H groups in total. The number of halogens is 2. The minimum absolute atomic E-state index is 0. The fourth-order valence-corrected chi connectivity index (χ4v) is 1.29. The Morgan fingerprint density at radius 2 is 2.11 bits per heavy atom. The van der Waals surface area contributed by atoms with E-state index in [4.69, 9.17) is 10.5 Å². The third kappa shape index (κ3) is 4.50. The van der Waals surface area contributed by atoms with Crippen LogP contribution in [0.15, 0.2) is 18.2 Å². The van der Waals surface area contributed by atoms with Crippen LogP contribution in [-0.2, 0) is 0 Å². The van der Waals surface area contributed by atoms with Crippen molar-refractivity contribution in [3.63, 3.8) is 0 Å². The molecule has 0 aliphatic heterocycles. The molecule has 0 bridgehead atoms. The van der Waals surface area contributed by atoms with Crippen LogP contribution in [0.5, 0.6) is 5.75 Å². The van der Waals surface area contributed by atoms with Crippen molar-refractivity contribution in [2.75, 3.05) is 13.7 Å². The largest absolute Gasteiger partial charge is 0.496 e. The van der Waals surface area contributed by atoms with E-state index in [1.807, 2.05) is 0 Å². The molecule has 1 aromatic carbocycles. The van der Waals surface area contributed by atoms with Gasteiger partial charge in [0.15, 0.2) is 0 Å². The molecule has 0 aliphatic rings. The number of hydrogen-bond acceptors (Lipinski definition) is 3. The predicted octanol–water partition coefficient (Wildman–Crippen LogP) is 1.72. The maximum Gasteiger partial charge on any atom is 0.258 e. The van der Waals surface area contributed by atoms with Gasteiger partial charge in [0.05, 0.1) is 7.11 Å². The van der Waals surface area contributed by atoms with Crippen molar-refractivity contribution in [1.29, 1.82) is 0 Å². The van der Waals surface area contributed by atoms with Crippen molar-refractivity contribution in [2.24, 2.45) is 5.73 Å². The minimum Gasteiger partial charge on any atom is -0.496 e. The Balaban J connectivity index is 0.00000289. The van der Waals surface area contributed by atoms with Gasteiger partial charge in [0.25, 0.3) is 5.91 Å². The van der Waals surface area contributed by atoms with Crippen molar-refractivity contribution in [2.45, 2.75) is 19.4 Å². The van der Waals surface area contributed by atoms with Crippen molar-refractivity contribution < 1.29 is 13.9 Å². The molecule has 18 heavy (non-hydrogen) atoms. The zero-order chi connectivity index (χ0) is 13.1. The van der Waals surface area contributed by atoms with Crippen LogP contribution in [0.2, 0.25) is 0 Å². The quantitative estimate of drug-likeness (QED) is 0.880. The number of amides is 1. The molecule has 1 amide bonds. The molecule has 0 radical (unpaired) electrons. The van der Waals surface area contributed by atoms with Gasteiger partial charge in [-0.2, -0.15) is 0 Å². The van der Waals surface area contributed by atoms with E-state index in [9.17, 15) is 9.18 Å². The first-order chi connectivity index (χ1) is 7.85. The summed E-state index contributed by atoms with van der Waals surface area (Å²) in [6.07, 6.45) is 0. The van der Waals surface area contributed by atoms with Crippen molar-refractivity contribution >= 4 is 18.3 Å². The smallest absolute Gasteiger partial charge is 0.258 e. The zero-order valence-corrected chi connectivity index (χ0v) is 11.4. The Labute approximate surface area is 112 Å². The van der Waals surface area contributed by atoms with Gasteiger partial charge in [0.2, 0.25) is 0 Å². The molecular formula is C12H18ClFN2O2. The first-order valence-corrected chi connectivity index (χ1v) is 5.25. The van der Waals surface area contributed by atoms with Gasteiger partial charge in [0.1, 0.15) is 17.1 Å². The first-order valence-electron chi connectivity index (χ1n) is 5.25. The second-order valence-electron chi connectivity index (χ2n) is 4.49. The minimum atomic E-state index is -0.614. The summed E-state index contributed by atoms with van der Waals surface area (Å²) in [5.41, 5.74) is 5.09. The Morgan fingerprint density at radius 3 is 2.61 bits per heavy atom. The lowest BCUT2D eigenvalue weighted by atomic mass is 10.1. The highest BCUT2D eigenvalue weighted by molar-refractivity contribution is 5.97. The molecule has 1 rings (SSSR count). The van der Waals surface area contributed by atoms with Gasteiger partial charge in [-0.05, 0) is 26.0 Å². The fraction of sp³-hybridized carbons (Fsp3) is 0.417. The van der Waals surface area contributed by atoms with Crippen molar-refractivity contribution in [3.05, 3.63) is 29.6 Å². The second-order valence-corrected chi connectivity index (χ2v) is 4.49. The van der Waals surface area contributed by atoms with Gasteiger partial charge in [-0.1, -0.05) is 6.07 Å². The Bertz CT molecular complexity index is 419. The second kappa shape index (κ2) is 6.56. The molecular weight excluding hydrogens is 259 g/mol. The van der Waals surface area contributed by atoms with Crippen molar-refractivity contribution in [3.8, 4) is 5.75 Å². The number of carbonyl (C=O) groups is 1. The maximum absolute atomic E-state index is 13.5. The summed E-state index contributed by atoms with van der Waals surface area (Å²) in [5, 5.41) is 2.57. The molecule has 0 fully saturated rings. The molecule has 0 aliphatic carbocycles. The van der Waals surface area contributed by atoms with E-state index in [-0.39, 0.29) is 30.3 Å². The lowest BCUT2D eigenvalue weighted by Crippen LogP contribution is -2.45. The normalized spacial score (nSPS) is 10.5. The summed E-state index contributed by atoms with van der Waals surface area (Å²) in [4.78, 5) is 11.8. The van der Waals surface area contributed by atoms with E-state index in [1.54, 1.807) is 13.8 Å². The highest BCUT2D eigenvalue weighted by Gasteiger charge is 2.19. The molecule has 0 heterocycles. The average molecular weight is 277 g/mol. The molecule has 0 atom stereocenters. The van der Waals surface area contributed by atoms with E-state index < -0.39 is 17.3 Å². The van der Waals surface area contributed by atoms with Crippen LogP contribution in [0.3, 0.4) is 0 Å². The number of nitrogens with two attached hydrogens (primary N) is 1. The van der Waals surface area contributed by atoms with Gasteiger partial charge in [-0.3, -0.25) is 4.79 Å². The third-order valence-corrected chi connectivity index (χ3v) is 2.13. The summed E-state index contributed by atoms with van der Waals surface area (Å²) >= 11 is 0. The van der Waals surface area contributed by atoms with Crippen LogP contribution in [0.25, 0.3) is 0 Å². The standard InChI is InChI=1S/C12H17FN2O2.ClH/c1-12(2,14)7-15-11(16)10-8(13)5-4-6-9(10)17-3;/h4-6H,7,14H2,1-3H3,(H,15,16);1H. The van der Waals surface area contributed by atoms with Crippen LogP contribution in [0.4, 0.5) is 4.39 Å². The number of benzene rings is 1. The molecule has 6 heteroatoms. The number of ether oxygens (including phenoxy) is 1. The van der Waals surface area contributed by atoms with Crippen LogP contribution in [0.1, 0.15) is 24.2 Å². The molecule has 0 saturated heterocycles. The van der Waals surface area contributed by atoms with Gasteiger partial charge >= 0.3 is 0 Å². The van der Waals surface area contributed by atoms with E-state index in [0.29, 0.717) is 0 Å². The van der Waals surface area contributed by atoms with E-state index in [2.05, 4.69) is 5.32 Å². The van der Waals surface area contributed by atoms with Crippen LogP contribution < -0.4 is 15.8 Å². The van der Waals surface area contributed by atoms with Crippen molar-refractivity contribution in [1.82, 2.24) is 5.32 Å². The Kier molecular flexibility index (Phi) is 6.08. The molecule has 102 valence electrons. The fourth-order valence-electron chi connectivity index (χ4n) is 1.29. The molecule has 4 nitrogen and oxygen atoms in total. The number of methoxy groups -OCH3 is 1. The molecule has 0 spiro atoms. The molecule has 0 unspecified atom stereocenters. The van der Waals surface area contributed by atoms with E-state index >= 15 is 0 Å². The molecule has 0 saturated carbocycles. The van der Waals surface area contributed by atoms with Gasteiger partial charge in [0, 0.05) is 12.1 Å². The topological polar surface area (TPSA) is 64.3 Å². The summed E-state index contributed by atoms with van der Waals surface area (Å²) in [7, 11) is 1.39. The van der Waals surface area contributed by atoms with E-state index in [1.165, 1.54) is 25.3 Å². The average Bonchev–Trinajstić information content (AvgIpc) is 2.24. The third-order valence-electron chi connectivity index (χ3n) is 2.13. The number of carbonyl (C=O) groups excluding carboxylic acids is 1. The number of rotatable bonds is 4. The molecule has 0 aromatic heterocycles. The first kappa shape index (κ1) is 16.7. The van der Waals surface area contributed by atoms with Crippen LogP contribution in [0, 0.1) is 5.82 Å². The Hall–Kier alpha value is -1.33. The zero-order valence-electron chi connectivity index (χ0n) is 10.6. The monoisotopic (exact) mass is 276 g/mol. The number of hydrogen-bond donors (Lipinski definition) is 2. The summed E-state index contributed by atoms with van der Waals surface area (Å²) in [5.74, 6) is -0.938. The predicted molar refractivity (Wildman–Crippen MR) is 70.8 cm³/mol. The SMILES string of the molecule is COc1cccc(F)c1C(=O)NCC(C)(C)N.Cl. The van der Waals surface area contributed by atoms with Crippen LogP contribution in [-0.4, -0.2) is 25.1 Å². The number of nitrogens with one attached hydrogen (secondary N) is 1. The Morgan fingerprint density at radius 1 is 1.50 bits per heavy atom. The summed E-state index contributed by atoms with van der Waals surface area (Å²) in [6, 6.07) is 4.23.